The number of hydrogen-bond acceptors (Lipinski definition) is 3. The smallest absolute Gasteiger partial charge is 0.160 e. The van der Waals surface area contributed by atoms with Crippen LogP contribution in [0.4, 0.5) is 0 Å². The summed E-state index contributed by atoms with van der Waals surface area (Å²) in [5.41, 5.74) is 0. The lowest BCUT2D eigenvalue weighted by molar-refractivity contribution is -0.162. The van der Waals surface area contributed by atoms with Crippen molar-refractivity contribution in [1.29, 1.82) is 0 Å². The highest BCUT2D eigenvalue weighted by molar-refractivity contribution is 4.54. The van der Waals surface area contributed by atoms with Crippen molar-refractivity contribution in [2.75, 3.05) is 14.2 Å². The summed E-state index contributed by atoms with van der Waals surface area (Å²) in [5.74, 6) is 0. The van der Waals surface area contributed by atoms with Gasteiger partial charge in [0.15, 0.2) is 6.29 Å². The molecule has 0 aromatic carbocycles. The minimum absolute atomic E-state index is 0.153. The van der Waals surface area contributed by atoms with Crippen molar-refractivity contribution < 1.29 is 14.2 Å². The van der Waals surface area contributed by atoms with E-state index >= 15 is 0 Å². The lowest BCUT2D eigenvalue weighted by Crippen LogP contribution is -2.24. The van der Waals surface area contributed by atoms with Gasteiger partial charge in [0.2, 0.25) is 0 Å². The minimum atomic E-state index is -0.153. The van der Waals surface area contributed by atoms with Crippen molar-refractivity contribution in [3.05, 3.63) is 0 Å². The van der Waals surface area contributed by atoms with E-state index in [1.54, 1.807) is 14.2 Å². The van der Waals surface area contributed by atoms with Gasteiger partial charge in [-0.25, -0.2) is 0 Å². The molecule has 0 fully saturated rings. The second kappa shape index (κ2) is 6.40. The van der Waals surface area contributed by atoms with E-state index in [1.807, 2.05) is 20.8 Å². The van der Waals surface area contributed by atoms with Gasteiger partial charge in [0.1, 0.15) is 0 Å². The molecule has 0 saturated heterocycles. The molecule has 0 aliphatic heterocycles. The Labute approximate surface area is 75.0 Å². The molecule has 0 bridgehead atoms. The molecule has 0 aromatic rings. The zero-order valence-corrected chi connectivity index (χ0v) is 8.66. The van der Waals surface area contributed by atoms with Crippen molar-refractivity contribution >= 4 is 0 Å². The van der Waals surface area contributed by atoms with Gasteiger partial charge >= 0.3 is 0 Å². The van der Waals surface area contributed by atoms with E-state index in [-0.39, 0.29) is 18.5 Å². The first-order valence-electron chi connectivity index (χ1n) is 4.31. The van der Waals surface area contributed by atoms with E-state index in [0.29, 0.717) is 0 Å². The van der Waals surface area contributed by atoms with Crippen LogP contribution in [-0.2, 0) is 14.2 Å². The fraction of sp³-hybridized carbons (Fsp3) is 1.00. The van der Waals surface area contributed by atoms with Gasteiger partial charge in [-0.1, -0.05) is 0 Å². The first kappa shape index (κ1) is 11.9. The third-order valence-corrected chi connectivity index (χ3v) is 1.61. The molecule has 0 aliphatic carbocycles. The SMILES string of the molecule is COC(C)CC(OC)OC(C)C. The van der Waals surface area contributed by atoms with Crippen molar-refractivity contribution in [2.24, 2.45) is 0 Å². The van der Waals surface area contributed by atoms with Gasteiger partial charge < -0.3 is 14.2 Å². The van der Waals surface area contributed by atoms with Crippen LogP contribution in [0.3, 0.4) is 0 Å². The first-order valence-corrected chi connectivity index (χ1v) is 4.31. The van der Waals surface area contributed by atoms with Gasteiger partial charge in [0.25, 0.3) is 0 Å². The van der Waals surface area contributed by atoms with Gasteiger partial charge in [0, 0.05) is 20.6 Å². The Kier molecular flexibility index (Phi) is 6.34. The highest BCUT2D eigenvalue weighted by atomic mass is 16.7. The quantitative estimate of drug-likeness (QED) is 0.578. The number of methoxy groups -OCH3 is 2. The predicted octanol–water partition coefficient (Wildman–Crippen LogP) is 1.81. The molecule has 0 spiro atoms. The summed E-state index contributed by atoms with van der Waals surface area (Å²) in [6, 6.07) is 0. The van der Waals surface area contributed by atoms with Crippen molar-refractivity contribution in [3.63, 3.8) is 0 Å². The monoisotopic (exact) mass is 176 g/mol. The van der Waals surface area contributed by atoms with Crippen LogP contribution >= 0.6 is 0 Å². The highest BCUT2D eigenvalue weighted by Gasteiger charge is 2.13. The molecule has 0 radical (unpaired) electrons. The lowest BCUT2D eigenvalue weighted by Gasteiger charge is -2.21. The Morgan fingerprint density at radius 2 is 1.58 bits per heavy atom. The molecular formula is C9H20O3. The van der Waals surface area contributed by atoms with Crippen LogP contribution in [0.15, 0.2) is 0 Å². The van der Waals surface area contributed by atoms with Crippen molar-refractivity contribution in [3.8, 4) is 0 Å². The van der Waals surface area contributed by atoms with Crippen LogP contribution in [0.1, 0.15) is 27.2 Å². The van der Waals surface area contributed by atoms with Gasteiger partial charge in [-0.05, 0) is 20.8 Å². The van der Waals surface area contributed by atoms with Crippen LogP contribution in [0.5, 0.6) is 0 Å². The summed E-state index contributed by atoms with van der Waals surface area (Å²) in [7, 11) is 3.34. The Hall–Kier alpha value is -0.120. The maximum Gasteiger partial charge on any atom is 0.160 e. The standard InChI is InChI=1S/C9H20O3/c1-7(2)12-9(11-5)6-8(3)10-4/h7-9H,6H2,1-5H3. The van der Waals surface area contributed by atoms with E-state index in [2.05, 4.69) is 0 Å². The van der Waals surface area contributed by atoms with Gasteiger partial charge in [0.05, 0.1) is 12.2 Å². The molecule has 0 rings (SSSR count). The largest absolute Gasteiger partial charge is 0.382 e. The Bertz CT molecular complexity index is 104. The predicted molar refractivity (Wildman–Crippen MR) is 48.1 cm³/mol. The Morgan fingerprint density at radius 3 is 1.92 bits per heavy atom. The maximum atomic E-state index is 5.47. The summed E-state index contributed by atoms with van der Waals surface area (Å²) in [6.07, 6.45) is 0.984. The molecule has 0 N–H and O–H groups in total. The molecule has 2 atom stereocenters. The summed E-state index contributed by atoms with van der Waals surface area (Å²) < 4.78 is 15.7. The molecule has 0 saturated carbocycles. The molecule has 0 amide bonds. The zero-order chi connectivity index (χ0) is 9.56. The van der Waals surface area contributed by atoms with Crippen LogP contribution in [0, 0.1) is 0 Å². The molecule has 74 valence electrons. The second-order valence-corrected chi connectivity index (χ2v) is 3.13. The zero-order valence-electron chi connectivity index (χ0n) is 8.66. The molecule has 3 nitrogen and oxygen atoms in total. The molecule has 2 unspecified atom stereocenters. The molecular weight excluding hydrogens is 156 g/mol. The highest BCUT2D eigenvalue weighted by Crippen LogP contribution is 2.08. The van der Waals surface area contributed by atoms with Crippen LogP contribution in [0.2, 0.25) is 0 Å². The molecule has 0 aromatic heterocycles. The second-order valence-electron chi connectivity index (χ2n) is 3.13. The molecule has 0 aliphatic rings. The molecule has 3 heteroatoms. The first-order chi connectivity index (χ1) is 5.60. The Balaban J connectivity index is 3.66. The summed E-state index contributed by atoms with van der Waals surface area (Å²) in [4.78, 5) is 0. The van der Waals surface area contributed by atoms with E-state index in [0.717, 1.165) is 6.42 Å². The topological polar surface area (TPSA) is 27.7 Å². The van der Waals surface area contributed by atoms with Crippen molar-refractivity contribution in [1.82, 2.24) is 0 Å². The van der Waals surface area contributed by atoms with Crippen molar-refractivity contribution in [2.45, 2.75) is 45.7 Å². The van der Waals surface area contributed by atoms with Crippen LogP contribution in [-0.4, -0.2) is 32.7 Å². The maximum absolute atomic E-state index is 5.47. The van der Waals surface area contributed by atoms with Crippen LogP contribution in [0.25, 0.3) is 0 Å². The number of rotatable bonds is 6. The molecule has 12 heavy (non-hydrogen) atoms. The van der Waals surface area contributed by atoms with E-state index in [4.69, 9.17) is 14.2 Å². The third kappa shape index (κ3) is 5.52. The van der Waals surface area contributed by atoms with Gasteiger partial charge in [-0.3, -0.25) is 0 Å². The summed E-state index contributed by atoms with van der Waals surface area (Å²) in [6.45, 7) is 5.97. The normalized spacial score (nSPS) is 16.5. The van der Waals surface area contributed by atoms with E-state index in [1.165, 1.54) is 0 Å². The lowest BCUT2D eigenvalue weighted by atomic mass is 10.3. The number of ether oxygens (including phenoxy) is 3. The third-order valence-electron chi connectivity index (χ3n) is 1.61. The fourth-order valence-corrected chi connectivity index (χ4v) is 0.878. The van der Waals surface area contributed by atoms with E-state index in [9.17, 15) is 0 Å². The van der Waals surface area contributed by atoms with Gasteiger partial charge in [-0.15, -0.1) is 0 Å². The number of hydrogen-bond donors (Lipinski definition) is 0. The summed E-state index contributed by atoms with van der Waals surface area (Å²) >= 11 is 0. The average Bonchev–Trinajstić information content (AvgIpc) is 2.02. The van der Waals surface area contributed by atoms with Gasteiger partial charge in [-0.2, -0.15) is 0 Å². The summed E-state index contributed by atoms with van der Waals surface area (Å²) in [5, 5.41) is 0. The minimum Gasteiger partial charge on any atom is -0.382 e. The fourth-order valence-electron chi connectivity index (χ4n) is 0.878. The van der Waals surface area contributed by atoms with Crippen LogP contribution < -0.4 is 0 Å². The molecule has 0 heterocycles. The average molecular weight is 176 g/mol. The Morgan fingerprint density at radius 1 is 1.00 bits per heavy atom. The van der Waals surface area contributed by atoms with E-state index < -0.39 is 0 Å².